The van der Waals surface area contributed by atoms with Gasteiger partial charge in [0.2, 0.25) is 5.91 Å². The first-order chi connectivity index (χ1) is 24.9. The molecule has 2 amide bonds. The summed E-state index contributed by atoms with van der Waals surface area (Å²) >= 11 is 0. The molecule has 1 fully saturated rings. The molecule has 2 aromatic carbocycles. The Bertz CT molecular complexity index is 2160. The molecule has 0 radical (unpaired) electrons. The van der Waals surface area contributed by atoms with Crippen molar-refractivity contribution in [3.8, 4) is 28.7 Å². The second kappa shape index (κ2) is 14.3. The van der Waals surface area contributed by atoms with Gasteiger partial charge in [0, 0.05) is 86.9 Å². The van der Waals surface area contributed by atoms with E-state index in [-0.39, 0.29) is 36.0 Å². The number of nitrogens with zero attached hydrogens (tertiary/aromatic N) is 8. The SMILES string of the molecule is COc1ccncc1-c1cc(C2=CCCN(C(=O)CCn3ccnn3)C2)c(F)c2[nH]c(C(=O)N3CCN(c4ccc(C#N)cc4OC)CC3)cc12. The lowest BCUT2D eigenvalue weighted by molar-refractivity contribution is -0.131. The number of piperazine rings is 1. The Labute approximate surface area is 293 Å². The first-order valence-corrected chi connectivity index (χ1v) is 16.7. The third-order valence-electron chi connectivity index (χ3n) is 9.47. The molecule has 2 aliphatic heterocycles. The van der Waals surface area contributed by atoms with Crippen LogP contribution in [0.5, 0.6) is 11.5 Å². The molecule has 5 aromatic rings. The Morgan fingerprint density at radius 1 is 0.961 bits per heavy atom. The quantitative estimate of drug-likeness (QED) is 0.236. The van der Waals surface area contributed by atoms with Crippen LogP contribution in [0.15, 0.2) is 67.3 Å². The van der Waals surface area contributed by atoms with Crippen molar-refractivity contribution < 1.29 is 23.5 Å². The van der Waals surface area contributed by atoms with E-state index in [1.165, 1.54) is 0 Å². The third kappa shape index (κ3) is 6.58. The van der Waals surface area contributed by atoms with E-state index >= 15 is 4.39 Å². The van der Waals surface area contributed by atoms with Gasteiger partial charge in [-0.2, -0.15) is 5.26 Å². The highest BCUT2D eigenvalue weighted by Gasteiger charge is 2.28. The number of fused-ring (bicyclic) bond motifs is 1. The van der Waals surface area contributed by atoms with E-state index in [1.807, 2.05) is 12.1 Å². The number of nitriles is 1. The first kappa shape index (κ1) is 33.3. The molecule has 7 rings (SSSR count). The number of carbonyl (C=O) groups excluding carboxylic acids is 2. The molecule has 0 unspecified atom stereocenters. The summed E-state index contributed by atoms with van der Waals surface area (Å²) in [6.45, 7) is 3.13. The fourth-order valence-corrected chi connectivity index (χ4v) is 6.80. The highest BCUT2D eigenvalue weighted by molar-refractivity contribution is 6.05. The monoisotopic (exact) mass is 689 g/mol. The van der Waals surface area contributed by atoms with Crippen LogP contribution in [0, 0.1) is 17.1 Å². The number of methoxy groups -OCH3 is 2. The molecule has 0 atom stereocenters. The van der Waals surface area contributed by atoms with Crippen LogP contribution in [0.25, 0.3) is 27.6 Å². The average molecular weight is 690 g/mol. The summed E-state index contributed by atoms with van der Waals surface area (Å²) in [5.41, 5.74) is 4.11. The van der Waals surface area contributed by atoms with Crippen molar-refractivity contribution in [2.75, 3.05) is 58.4 Å². The molecule has 0 bridgehead atoms. The van der Waals surface area contributed by atoms with Crippen LogP contribution in [0.2, 0.25) is 0 Å². The van der Waals surface area contributed by atoms with Crippen LogP contribution in [0.4, 0.5) is 10.1 Å². The summed E-state index contributed by atoms with van der Waals surface area (Å²) in [6, 6.07) is 12.6. The van der Waals surface area contributed by atoms with Gasteiger partial charge in [-0.05, 0) is 47.9 Å². The topological polar surface area (TPSA) is 145 Å². The largest absolute Gasteiger partial charge is 0.496 e. The van der Waals surface area contributed by atoms with Crippen LogP contribution < -0.4 is 14.4 Å². The van der Waals surface area contributed by atoms with E-state index in [4.69, 9.17) is 9.47 Å². The maximum Gasteiger partial charge on any atom is 0.270 e. The lowest BCUT2D eigenvalue weighted by Crippen LogP contribution is -2.49. The molecule has 1 N–H and O–H groups in total. The minimum absolute atomic E-state index is 0.0581. The lowest BCUT2D eigenvalue weighted by Gasteiger charge is -2.36. The molecule has 1 saturated heterocycles. The number of aromatic amines is 1. The highest BCUT2D eigenvalue weighted by atomic mass is 19.1. The number of ether oxygens (including phenoxy) is 2. The smallest absolute Gasteiger partial charge is 0.270 e. The maximum absolute atomic E-state index is 16.7. The minimum Gasteiger partial charge on any atom is -0.496 e. The van der Waals surface area contributed by atoms with Gasteiger partial charge in [0.1, 0.15) is 17.2 Å². The number of pyridine rings is 1. The van der Waals surface area contributed by atoms with Crippen molar-refractivity contribution >= 4 is 34.0 Å². The zero-order chi connectivity index (χ0) is 35.5. The van der Waals surface area contributed by atoms with Gasteiger partial charge in [-0.3, -0.25) is 19.3 Å². The Morgan fingerprint density at radius 2 is 1.78 bits per heavy atom. The zero-order valence-electron chi connectivity index (χ0n) is 28.3. The van der Waals surface area contributed by atoms with E-state index in [9.17, 15) is 14.9 Å². The van der Waals surface area contributed by atoms with Crippen LogP contribution in [0.1, 0.15) is 34.5 Å². The fraction of sp³-hybridized carbons (Fsp3) is 0.297. The Balaban J connectivity index is 1.18. The predicted molar refractivity (Wildman–Crippen MR) is 188 cm³/mol. The molecule has 3 aromatic heterocycles. The average Bonchev–Trinajstić information content (AvgIpc) is 3.88. The molecular formula is C37H36FN9O4. The van der Waals surface area contributed by atoms with Gasteiger partial charge in [0.05, 0.1) is 49.8 Å². The van der Waals surface area contributed by atoms with Crippen molar-refractivity contribution in [3.63, 3.8) is 0 Å². The number of amides is 2. The number of aromatic nitrogens is 5. The summed E-state index contributed by atoms with van der Waals surface area (Å²) < 4.78 is 29.5. The summed E-state index contributed by atoms with van der Waals surface area (Å²) in [7, 11) is 3.13. The molecule has 5 heterocycles. The number of H-pyrrole nitrogens is 1. The van der Waals surface area contributed by atoms with Gasteiger partial charge < -0.3 is 29.2 Å². The van der Waals surface area contributed by atoms with Crippen LogP contribution in [0.3, 0.4) is 0 Å². The van der Waals surface area contributed by atoms with Crippen molar-refractivity contribution in [2.45, 2.75) is 19.4 Å². The fourth-order valence-electron chi connectivity index (χ4n) is 6.80. The zero-order valence-corrected chi connectivity index (χ0v) is 28.3. The molecule has 260 valence electrons. The number of anilines is 1. The van der Waals surface area contributed by atoms with Crippen molar-refractivity contribution in [2.24, 2.45) is 0 Å². The molecule has 13 nitrogen and oxygen atoms in total. The first-order valence-electron chi connectivity index (χ1n) is 16.7. The van der Waals surface area contributed by atoms with Crippen LogP contribution in [-0.2, 0) is 11.3 Å². The highest BCUT2D eigenvalue weighted by Crippen LogP contribution is 2.40. The van der Waals surface area contributed by atoms with Gasteiger partial charge in [0.15, 0.2) is 5.82 Å². The number of halogens is 1. The molecule has 2 aliphatic rings. The van der Waals surface area contributed by atoms with Crippen molar-refractivity contribution in [1.82, 2.24) is 34.8 Å². The number of aryl methyl sites for hydroxylation is 1. The molecule has 0 saturated carbocycles. The third-order valence-corrected chi connectivity index (χ3v) is 9.47. The number of carbonyl (C=O) groups is 2. The molecule has 14 heteroatoms. The molecule has 51 heavy (non-hydrogen) atoms. The number of rotatable bonds is 9. The number of nitrogens with one attached hydrogen (secondary N) is 1. The molecule has 0 spiro atoms. The van der Waals surface area contributed by atoms with Gasteiger partial charge >= 0.3 is 0 Å². The van der Waals surface area contributed by atoms with Gasteiger partial charge in [-0.1, -0.05) is 11.3 Å². The summed E-state index contributed by atoms with van der Waals surface area (Å²) in [5, 5.41) is 17.5. The maximum atomic E-state index is 16.7. The second-order valence-corrected chi connectivity index (χ2v) is 12.4. The van der Waals surface area contributed by atoms with E-state index in [0.29, 0.717) is 90.4 Å². The van der Waals surface area contributed by atoms with Gasteiger partial charge in [0.25, 0.3) is 5.91 Å². The molecule has 0 aliphatic carbocycles. The Morgan fingerprint density at radius 3 is 2.53 bits per heavy atom. The van der Waals surface area contributed by atoms with Crippen LogP contribution >= 0.6 is 0 Å². The van der Waals surface area contributed by atoms with Gasteiger partial charge in [-0.15, -0.1) is 5.10 Å². The van der Waals surface area contributed by atoms with Crippen molar-refractivity contribution in [1.29, 1.82) is 5.26 Å². The van der Waals surface area contributed by atoms with Crippen LogP contribution in [-0.4, -0.2) is 100 Å². The standard InChI is InChI=1S/C37H36FN9O4/c1-50-32-7-9-40-22-29(32)27-19-26(25-4-3-11-46(23-25)34(48)8-12-47-13-10-41-43-47)35(38)36-28(27)20-30(42-36)37(49)45-16-14-44(15-17-45)31-6-5-24(21-39)18-33(31)51-2/h4-7,9-10,13,18-20,22,42H,3,8,11-12,14-17,23H2,1-2H3. The second-order valence-electron chi connectivity index (χ2n) is 12.4. The Hall–Kier alpha value is -6.23. The van der Waals surface area contributed by atoms with E-state index in [1.54, 1.807) is 83.8 Å². The Kier molecular flexibility index (Phi) is 9.34. The van der Waals surface area contributed by atoms with E-state index < -0.39 is 5.82 Å². The molecular weight excluding hydrogens is 653 g/mol. The predicted octanol–water partition coefficient (Wildman–Crippen LogP) is 4.52. The summed E-state index contributed by atoms with van der Waals surface area (Å²) in [5.74, 6) is 0.341. The minimum atomic E-state index is -0.503. The lowest BCUT2D eigenvalue weighted by atomic mass is 9.93. The number of hydrogen-bond acceptors (Lipinski definition) is 9. The summed E-state index contributed by atoms with van der Waals surface area (Å²) in [6.07, 6.45) is 9.34. The van der Waals surface area contributed by atoms with Crippen molar-refractivity contribution in [3.05, 3.63) is 89.9 Å². The van der Waals surface area contributed by atoms with E-state index in [0.717, 1.165) is 5.69 Å². The summed E-state index contributed by atoms with van der Waals surface area (Å²) in [4.78, 5) is 40.2. The normalized spacial score (nSPS) is 14.7. The van der Waals surface area contributed by atoms with E-state index in [2.05, 4.69) is 31.2 Å². The number of benzene rings is 2. The number of hydrogen-bond donors (Lipinski definition) is 1. The van der Waals surface area contributed by atoms with Gasteiger partial charge in [-0.25, -0.2) is 4.39 Å².